The molecule has 1 aromatic carbocycles. The number of aromatic nitrogens is 2. The van der Waals surface area contributed by atoms with Gasteiger partial charge in [-0.05, 0) is 19.2 Å². The Labute approximate surface area is 98.1 Å². The number of benzene rings is 1. The molecule has 0 aliphatic heterocycles. The quantitative estimate of drug-likeness (QED) is 0.885. The molecule has 0 aliphatic rings. The van der Waals surface area contributed by atoms with E-state index in [-0.39, 0.29) is 0 Å². The zero-order valence-electron chi connectivity index (χ0n) is 9.67. The molecule has 0 aliphatic carbocycles. The molecule has 0 fully saturated rings. The smallest absolute Gasteiger partial charge is 0.126 e. The van der Waals surface area contributed by atoms with Gasteiger partial charge in [-0.3, -0.25) is 4.68 Å². The van der Waals surface area contributed by atoms with Gasteiger partial charge >= 0.3 is 0 Å². The van der Waals surface area contributed by atoms with E-state index in [0.29, 0.717) is 17.8 Å². The fourth-order valence-corrected chi connectivity index (χ4v) is 1.79. The third kappa shape index (κ3) is 2.50. The lowest BCUT2D eigenvalue weighted by molar-refractivity contribution is 0.584. The fraction of sp³-hybridized carbons (Fsp3) is 0.250. The van der Waals surface area contributed by atoms with Gasteiger partial charge in [0.15, 0.2) is 0 Å². The number of aryl methyl sites for hydroxylation is 1. The highest BCUT2D eigenvalue weighted by Gasteiger charge is 2.11. The van der Waals surface area contributed by atoms with Crippen LogP contribution in [0.25, 0.3) is 11.3 Å². The molecular weight excluding hydrogens is 224 g/mol. The first-order valence-corrected chi connectivity index (χ1v) is 5.23. The van der Waals surface area contributed by atoms with Crippen LogP contribution in [0.3, 0.4) is 0 Å². The van der Waals surface area contributed by atoms with E-state index in [4.69, 9.17) is 0 Å². The highest BCUT2D eigenvalue weighted by atomic mass is 19.1. The normalized spacial score (nSPS) is 10.8. The minimum atomic E-state index is -0.596. The molecule has 2 aromatic rings. The Bertz CT molecular complexity index is 514. The molecule has 1 aromatic heterocycles. The molecule has 5 heteroatoms. The van der Waals surface area contributed by atoms with Gasteiger partial charge in [-0.15, -0.1) is 0 Å². The number of rotatable bonds is 3. The first-order valence-electron chi connectivity index (χ1n) is 5.23. The molecule has 1 N–H and O–H groups in total. The van der Waals surface area contributed by atoms with Crippen LogP contribution in [0, 0.1) is 11.6 Å². The number of nitrogens with one attached hydrogen (secondary N) is 1. The van der Waals surface area contributed by atoms with Gasteiger partial charge in [0.05, 0.1) is 5.69 Å². The molecule has 0 bridgehead atoms. The Kier molecular flexibility index (Phi) is 3.19. The molecule has 0 amide bonds. The molecule has 17 heavy (non-hydrogen) atoms. The Morgan fingerprint density at radius 2 is 1.88 bits per heavy atom. The van der Waals surface area contributed by atoms with Crippen LogP contribution in [0.2, 0.25) is 0 Å². The van der Waals surface area contributed by atoms with E-state index in [1.807, 2.05) is 13.2 Å². The predicted octanol–water partition coefficient (Wildman–Crippen LogP) is 2.08. The van der Waals surface area contributed by atoms with Crippen molar-refractivity contribution in [2.45, 2.75) is 6.54 Å². The second kappa shape index (κ2) is 4.63. The van der Waals surface area contributed by atoms with Crippen molar-refractivity contribution in [3.8, 4) is 11.3 Å². The van der Waals surface area contributed by atoms with Crippen molar-refractivity contribution < 1.29 is 8.78 Å². The lowest BCUT2D eigenvalue weighted by Crippen LogP contribution is -2.05. The second-order valence-electron chi connectivity index (χ2n) is 3.87. The predicted molar refractivity (Wildman–Crippen MR) is 61.3 cm³/mol. The monoisotopic (exact) mass is 237 g/mol. The molecule has 90 valence electrons. The van der Waals surface area contributed by atoms with Crippen LogP contribution in [0.4, 0.5) is 8.78 Å². The average Bonchev–Trinajstić information content (AvgIpc) is 2.58. The summed E-state index contributed by atoms with van der Waals surface area (Å²) >= 11 is 0. The van der Waals surface area contributed by atoms with Gasteiger partial charge in [-0.2, -0.15) is 5.10 Å². The van der Waals surface area contributed by atoms with E-state index in [1.54, 1.807) is 11.7 Å². The van der Waals surface area contributed by atoms with Crippen LogP contribution in [0.5, 0.6) is 0 Å². The Balaban J connectivity index is 2.51. The maximum absolute atomic E-state index is 13.1. The highest BCUT2D eigenvalue weighted by Crippen LogP contribution is 2.23. The molecule has 0 spiro atoms. The molecule has 0 unspecified atom stereocenters. The van der Waals surface area contributed by atoms with Crippen molar-refractivity contribution in [1.82, 2.24) is 15.1 Å². The van der Waals surface area contributed by atoms with E-state index >= 15 is 0 Å². The third-order valence-electron chi connectivity index (χ3n) is 2.41. The van der Waals surface area contributed by atoms with E-state index in [1.165, 1.54) is 12.1 Å². The minimum Gasteiger partial charge on any atom is -0.316 e. The summed E-state index contributed by atoms with van der Waals surface area (Å²) in [6.07, 6.45) is 1.83. The average molecular weight is 237 g/mol. The van der Waals surface area contributed by atoms with Crippen molar-refractivity contribution in [2.75, 3.05) is 7.05 Å². The first-order chi connectivity index (χ1) is 8.10. The van der Waals surface area contributed by atoms with E-state index < -0.39 is 11.6 Å². The summed E-state index contributed by atoms with van der Waals surface area (Å²) in [4.78, 5) is 0. The Hall–Kier alpha value is -1.75. The number of nitrogens with zero attached hydrogens (tertiary/aromatic N) is 2. The van der Waals surface area contributed by atoms with Gasteiger partial charge < -0.3 is 5.32 Å². The summed E-state index contributed by atoms with van der Waals surface area (Å²) in [6, 6.07) is 3.42. The lowest BCUT2D eigenvalue weighted by atomic mass is 10.1. The van der Waals surface area contributed by atoms with Crippen molar-refractivity contribution in [3.63, 3.8) is 0 Å². The molecule has 2 rings (SSSR count). The first kappa shape index (κ1) is 11.7. The van der Waals surface area contributed by atoms with Crippen LogP contribution in [-0.4, -0.2) is 16.8 Å². The molecule has 3 nitrogen and oxygen atoms in total. The van der Waals surface area contributed by atoms with Crippen molar-refractivity contribution in [2.24, 2.45) is 7.05 Å². The summed E-state index contributed by atoms with van der Waals surface area (Å²) in [6.45, 7) is 0.599. The van der Waals surface area contributed by atoms with Gasteiger partial charge in [0.25, 0.3) is 0 Å². The number of hydrogen-bond donors (Lipinski definition) is 1. The van der Waals surface area contributed by atoms with E-state index in [2.05, 4.69) is 10.4 Å². The zero-order valence-corrected chi connectivity index (χ0v) is 9.67. The summed E-state index contributed by atoms with van der Waals surface area (Å²) < 4.78 is 27.9. The summed E-state index contributed by atoms with van der Waals surface area (Å²) in [5.74, 6) is -1.19. The van der Waals surface area contributed by atoms with Crippen molar-refractivity contribution >= 4 is 0 Å². The fourth-order valence-electron chi connectivity index (χ4n) is 1.79. The molecule has 0 saturated heterocycles. The topological polar surface area (TPSA) is 29.9 Å². The zero-order chi connectivity index (χ0) is 12.4. The van der Waals surface area contributed by atoms with E-state index in [9.17, 15) is 8.78 Å². The third-order valence-corrected chi connectivity index (χ3v) is 2.41. The SMILES string of the molecule is CNCc1cn(C)nc1-c1cc(F)cc(F)c1. The standard InChI is InChI=1S/C12H13F2N3/c1-15-6-9-7-17(2)16-12(9)8-3-10(13)5-11(14)4-8/h3-5,7,15H,6H2,1-2H3. The minimum absolute atomic E-state index is 0.452. The second-order valence-corrected chi connectivity index (χ2v) is 3.87. The van der Waals surface area contributed by atoms with Crippen LogP contribution < -0.4 is 5.32 Å². The van der Waals surface area contributed by atoms with Crippen molar-refractivity contribution in [1.29, 1.82) is 0 Å². The van der Waals surface area contributed by atoms with Crippen LogP contribution in [0.15, 0.2) is 24.4 Å². The lowest BCUT2D eigenvalue weighted by Gasteiger charge is -2.02. The maximum Gasteiger partial charge on any atom is 0.126 e. The Morgan fingerprint density at radius 3 is 2.47 bits per heavy atom. The van der Waals surface area contributed by atoms with Gasteiger partial charge in [-0.1, -0.05) is 0 Å². The van der Waals surface area contributed by atoms with Gasteiger partial charge in [0.1, 0.15) is 11.6 Å². The van der Waals surface area contributed by atoms with Gasteiger partial charge in [0, 0.05) is 37.0 Å². The summed E-state index contributed by atoms with van der Waals surface area (Å²) in [5.41, 5.74) is 1.95. The molecule has 1 heterocycles. The van der Waals surface area contributed by atoms with Crippen LogP contribution >= 0.6 is 0 Å². The van der Waals surface area contributed by atoms with Crippen LogP contribution in [0.1, 0.15) is 5.56 Å². The van der Waals surface area contributed by atoms with Gasteiger partial charge in [-0.25, -0.2) is 8.78 Å². The summed E-state index contributed by atoms with van der Waals surface area (Å²) in [7, 11) is 3.58. The molecular formula is C12H13F2N3. The molecule has 0 saturated carbocycles. The Morgan fingerprint density at radius 1 is 1.24 bits per heavy atom. The highest BCUT2D eigenvalue weighted by molar-refractivity contribution is 5.62. The summed E-state index contributed by atoms with van der Waals surface area (Å²) in [5, 5.41) is 7.22. The molecule has 0 atom stereocenters. The number of hydrogen-bond acceptors (Lipinski definition) is 2. The largest absolute Gasteiger partial charge is 0.316 e. The van der Waals surface area contributed by atoms with Gasteiger partial charge in [0.2, 0.25) is 0 Å². The maximum atomic E-state index is 13.1. The van der Waals surface area contributed by atoms with Crippen molar-refractivity contribution in [3.05, 3.63) is 41.6 Å². The number of halogens is 2. The molecule has 0 radical (unpaired) electrons. The van der Waals surface area contributed by atoms with E-state index in [0.717, 1.165) is 11.6 Å². The van der Waals surface area contributed by atoms with Crippen LogP contribution in [-0.2, 0) is 13.6 Å².